The molecule has 120 valence electrons. The maximum Gasteiger partial charge on any atom is 0.306 e. The van der Waals surface area contributed by atoms with Crippen molar-refractivity contribution in [3.05, 3.63) is 29.8 Å². The van der Waals surface area contributed by atoms with Crippen LogP contribution in [0.4, 0.5) is 5.69 Å². The van der Waals surface area contributed by atoms with Gasteiger partial charge in [0.05, 0.1) is 11.5 Å². The Morgan fingerprint density at radius 1 is 1.27 bits per heavy atom. The molecule has 5 heteroatoms. The van der Waals surface area contributed by atoms with Gasteiger partial charge in [-0.2, -0.15) is 0 Å². The zero-order valence-corrected chi connectivity index (χ0v) is 13.2. The fourth-order valence-corrected chi connectivity index (χ4v) is 2.64. The van der Waals surface area contributed by atoms with Crippen molar-refractivity contribution < 1.29 is 14.7 Å². The molecule has 0 atom stereocenters. The molecule has 1 aromatic rings. The van der Waals surface area contributed by atoms with Crippen LogP contribution in [0.5, 0.6) is 0 Å². The van der Waals surface area contributed by atoms with Gasteiger partial charge in [0.2, 0.25) is 0 Å². The smallest absolute Gasteiger partial charge is 0.306 e. The summed E-state index contributed by atoms with van der Waals surface area (Å²) in [5, 5.41) is 12.4. The predicted molar refractivity (Wildman–Crippen MR) is 86.0 cm³/mol. The average molecular weight is 304 g/mol. The molecule has 0 unspecified atom stereocenters. The van der Waals surface area contributed by atoms with Gasteiger partial charge in [-0.3, -0.25) is 9.59 Å². The Kier molecular flexibility index (Phi) is 5.41. The lowest BCUT2D eigenvalue weighted by Crippen LogP contribution is -2.40. The molecule has 1 aromatic carbocycles. The molecule has 2 rings (SSSR count). The number of likely N-dealkylation sites (tertiary alicyclic amines) is 1. The highest BCUT2D eigenvalue weighted by atomic mass is 16.4. The third kappa shape index (κ3) is 4.00. The van der Waals surface area contributed by atoms with Crippen LogP contribution in [-0.2, 0) is 4.79 Å². The Hall–Kier alpha value is -2.04. The number of carboxylic acids is 1. The second-order valence-electron chi connectivity index (χ2n) is 6.23. The first kappa shape index (κ1) is 16.3. The van der Waals surface area contributed by atoms with E-state index in [0.717, 1.165) is 12.2 Å². The molecule has 5 nitrogen and oxygen atoms in total. The molecule has 1 saturated heterocycles. The summed E-state index contributed by atoms with van der Waals surface area (Å²) in [6.45, 7) is 6.07. The summed E-state index contributed by atoms with van der Waals surface area (Å²) in [7, 11) is 0. The van der Waals surface area contributed by atoms with Crippen LogP contribution < -0.4 is 5.32 Å². The number of carbonyl (C=O) groups excluding carboxylic acids is 1. The van der Waals surface area contributed by atoms with Gasteiger partial charge in [0.1, 0.15) is 0 Å². The summed E-state index contributed by atoms with van der Waals surface area (Å²) < 4.78 is 0. The highest BCUT2D eigenvalue weighted by molar-refractivity contribution is 5.99. The van der Waals surface area contributed by atoms with E-state index in [0.29, 0.717) is 37.4 Å². The molecule has 0 aliphatic carbocycles. The number of hydrogen-bond donors (Lipinski definition) is 2. The van der Waals surface area contributed by atoms with Crippen molar-refractivity contribution in [2.24, 2.45) is 11.8 Å². The minimum Gasteiger partial charge on any atom is -0.481 e. The van der Waals surface area contributed by atoms with Crippen LogP contribution in [0.25, 0.3) is 0 Å². The first-order valence-corrected chi connectivity index (χ1v) is 7.84. The van der Waals surface area contributed by atoms with E-state index in [-0.39, 0.29) is 11.8 Å². The van der Waals surface area contributed by atoms with Gasteiger partial charge >= 0.3 is 5.97 Å². The first-order valence-electron chi connectivity index (χ1n) is 7.84. The quantitative estimate of drug-likeness (QED) is 0.877. The molecule has 0 radical (unpaired) electrons. The van der Waals surface area contributed by atoms with E-state index in [2.05, 4.69) is 19.2 Å². The van der Waals surface area contributed by atoms with E-state index in [4.69, 9.17) is 5.11 Å². The van der Waals surface area contributed by atoms with Crippen LogP contribution in [0.15, 0.2) is 24.3 Å². The van der Waals surface area contributed by atoms with Gasteiger partial charge < -0.3 is 15.3 Å². The number of carbonyl (C=O) groups is 2. The Morgan fingerprint density at radius 2 is 1.91 bits per heavy atom. The van der Waals surface area contributed by atoms with E-state index >= 15 is 0 Å². The van der Waals surface area contributed by atoms with Gasteiger partial charge in [-0.05, 0) is 30.9 Å². The second-order valence-corrected chi connectivity index (χ2v) is 6.23. The summed E-state index contributed by atoms with van der Waals surface area (Å²) in [5.41, 5.74) is 1.51. The van der Waals surface area contributed by atoms with Crippen LogP contribution in [0.3, 0.4) is 0 Å². The van der Waals surface area contributed by atoms with Crippen molar-refractivity contribution in [2.45, 2.75) is 26.7 Å². The molecule has 1 heterocycles. The van der Waals surface area contributed by atoms with E-state index in [1.165, 1.54) is 0 Å². The maximum absolute atomic E-state index is 12.7. The van der Waals surface area contributed by atoms with Gasteiger partial charge in [-0.25, -0.2) is 0 Å². The van der Waals surface area contributed by atoms with Crippen molar-refractivity contribution in [3.8, 4) is 0 Å². The third-order valence-corrected chi connectivity index (χ3v) is 3.99. The fourth-order valence-electron chi connectivity index (χ4n) is 2.64. The van der Waals surface area contributed by atoms with Crippen molar-refractivity contribution in [1.29, 1.82) is 0 Å². The first-order chi connectivity index (χ1) is 10.5. The topological polar surface area (TPSA) is 69.6 Å². The van der Waals surface area contributed by atoms with Crippen LogP contribution in [0.1, 0.15) is 37.0 Å². The van der Waals surface area contributed by atoms with Gasteiger partial charge in [-0.1, -0.05) is 26.0 Å². The fraction of sp³-hybridized carbons (Fsp3) is 0.529. The number of piperidine rings is 1. The minimum absolute atomic E-state index is 0.0179. The lowest BCUT2D eigenvalue weighted by Gasteiger charge is -2.30. The van der Waals surface area contributed by atoms with Crippen LogP contribution in [0.2, 0.25) is 0 Å². The number of aliphatic carboxylic acids is 1. The number of amides is 1. The van der Waals surface area contributed by atoms with Crippen molar-refractivity contribution in [2.75, 3.05) is 25.0 Å². The zero-order valence-electron chi connectivity index (χ0n) is 13.2. The van der Waals surface area contributed by atoms with Crippen molar-refractivity contribution in [1.82, 2.24) is 4.90 Å². The molecule has 0 spiro atoms. The molecule has 0 bridgehead atoms. The lowest BCUT2D eigenvalue weighted by atomic mass is 9.96. The largest absolute Gasteiger partial charge is 0.481 e. The third-order valence-electron chi connectivity index (χ3n) is 3.99. The van der Waals surface area contributed by atoms with E-state index in [1.54, 1.807) is 4.90 Å². The monoisotopic (exact) mass is 304 g/mol. The Bertz CT molecular complexity index is 534. The molecule has 1 fully saturated rings. The maximum atomic E-state index is 12.7. The molecule has 0 saturated carbocycles. The number of rotatable bonds is 5. The molecule has 0 aromatic heterocycles. The summed E-state index contributed by atoms with van der Waals surface area (Å²) in [4.78, 5) is 25.4. The molecular formula is C17H24N2O3. The number of benzene rings is 1. The number of hydrogen-bond acceptors (Lipinski definition) is 3. The highest BCUT2D eigenvalue weighted by Gasteiger charge is 2.28. The molecule has 2 N–H and O–H groups in total. The lowest BCUT2D eigenvalue weighted by molar-refractivity contribution is -0.143. The van der Waals surface area contributed by atoms with Gasteiger partial charge in [0.25, 0.3) is 5.91 Å². The van der Waals surface area contributed by atoms with E-state index in [9.17, 15) is 9.59 Å². The van der Waals surface area contributed by atoms with E-state index in [1.807, 2.05) is 24.3 Å². The zero-order chi connectivity index (χ0) is 16.1. The standard InChI is InChI=1S/C17H24N2O3/c1-12(2)11-18-15-6-4-3-5-14(15)16(20)19-9-7-13(8-10-19)17(21)22/h3-6,12-13,18H,7-11H2,1-2H3,(H,21,22). The summed E-state index contributed by atoms with van der Waals surface area (Å²) >= 11 is 0. The molecular weight excluding hydrogens is 280 g/mol. The summed E-state index contributed by atoms with van der Waals surface area (Å²) in [6.07, 6.45) is 1.06. The number of para-hydroxylation sites is 1. The predicted octanol–water partition coefficient (Wildman–Crippen LogP) is 2.69. The molecule has 1 aliphatic rings. The van der Waals surface area contributed by atoms with Gasteiger partial charge in [-0.15, -0.1) is 0 Å². The highest BCUT2D eigenvalue weighted by Crippen LogP contribution is 2.22. The van der Waals surface area contributed by atoms with Crippen molar-refractivity contribution >= 4 is 17.6 Å². The van der Waals surface area contributed by atoms with Gasteiger partial charge in [0, 0.05) is 25.3 Å². The summed E-state index contributed by atoms with van der Waals surface area (Å²) in [6, 6.07) is 7.52. The average Bonchev–Trinajstić information content (AvgIpc) is 2.52. The van der Waals surface area contributed by atoms with Crippen LogP contribution in [-0.4, -0.2) is 41.5 Å². The number of anilines is 1. The summed E-state index contributed by atoms with van der Waals surface area (Å²) in [5.74, 6) is -0.602. The Balaban J connectivity index is 2.05. The Labute approximate surface area is 131 Å². The molecule has 1 aliphatic heterocycles. The second kappa shape index (κ2) is 7.29. The van der Waals surface area contributed by atoms with E-state index < -0.39 is 5.97 Å². The normalized spacial score (nSPS) is 15.9. The number of nitrogens with one attached hydrogen (secondary N) is 1. The Morgan fingerprint density at radius 3 is 2.50 bits per heavy atom. The van der Waals surface area contributed by atoms with Crippen LogP contribution >= 0.6 is 0 Å². The molecule has 1 amide bonds. The van der Waals surface area contributed by atoms with Crippen molar-refractivity contribution in [3.63, 3.8) is 0 Å². The van der Waals surface area contributed by atoms with Crippen LogP contribution in [0, 0.1) is 11.8 Å². The molecule has 22 heavy (non-hydrogen) atoms. The SMILES string of the molecule is CC(C)CNc1ccccc1C(=O)N1CCC(C(=O)O)CC1. The van der Waals surface area contributed by atoms with Gasteiger partial charge in [0.15, 0.2) is 0 Å². The minimum atomic E-state index is -0.758. The number of nitrogens with zero attached hydrogens (tertiary/aromatic N) is 1. The number of carboxylic acid groups (broad SMARTS) is 1.